The van der Waals surface area contributed by atoms with Crippen molar-refractivity contribution in [3.63, 3.8) is 0 Å². The second-order valence-electron chi connectivity index (χ2n) is 7.15. The minimum absolute atomic E-state index is 0.269. The summed E-state index contributed by atoms with van der Waals surface area (Å²) in [6.07, 6.45) is 1.64. The second-order valence-corrected chi connectivity index (χ2v) is 7.54. The van der Waals surface area contributed by atoms with Crippen molar-refractivity contribution in [2.24, 2.45) is 0 Å². The summed E-state index contributed by atoms with van der Waals surface area (Å²) < 4.78 is 5.47. The molecule has 0 amide bonds. The number of methoxy groups -OCH3 is 1. The van der Waals surface area contributed by atoms with Crippen LogP contribution in [0.25, 0.3) is 44.6 Å². The van der Waals surface area contributed by atoms with Gasteiger partial charge in [0, 0.05) is 23.3 Å². The van der Waals surface area contributed by atoms with Crippen LogP contribution in [0, 0.1) is 13.8 Å². The molecule has 0 radical (unpaired) electrons. The van der Waals surface area contributed by atoms with Crippen molar-refractivity contribution in [2.45, 2.75) is 13.8 Å². The van der Waals surface area contributed by atoms with Crippen molar-refractivity contribution in [1.29, 1.82) is 0 Å². The molecule has 0 atom stereocenters. The van der Waals surface area contributed by atoms with E-state index in [1.807, 2.05) is 26.0 Å². The van der Waals surface area contributed by atoms with Gasteiger partial charge in [0.2, 0.25) is 5.88 Å². The Hall–Kier alpha value is -3.78. The SMILES string of the molecule is COc1nc(C)ccc1-c1nccc2[nH]c(=O)c(-c3nc4c(C)nc(Cl)cc4[nH]3)cc12. The lowest BCUT2D eigenvalue weighted by atomic mass is 10.1. The van der Waals surface area contributed by atoms with E-state index in [1.165, 1.54) is 0 Å². The minimum Gasteiger partial charge on any atom is -0.480 e. The quantitative estimate of drug-likeness (QED) is 0.413. The summed E-state index contributed by atoms with van der Waals surface area (Å²) in [6, 6.07) is 9.02. The number of imidazole rings is 1. The van der Waals surface area contributed by atoms with Gasteiger partial charge >= 0.3 is 0 Å². The Bertz CT molecular complexity index is 1540. The first kappa shape index (κ1) is 19.2. The van der Waals surface area contributed by atoms with Crippen LogP contribution in [0.5, 0.6) is 5.88 Å². The zero-order valence-electron chi connectivity index (χ0n) is 16.9. The Morgan fingerprint density at radius 2 is 1.81 bits per heavy atom. The van der Waals surface area contributed by atoms with Gasteiger partial charge in [0.05, 0.1) is 40.7 Å². The number of nitrogens with one attached hydrogen (secondary N) is 2. The van der Waals surface area contributed by atoms with Gasteiger partial charge in [-0.1, -0.05) is 11.6 Å². The molecule has 9 heteroatoms. The summed E-state index contributed by atoms with van der Waals surface area (Å²) in [4.78, 5) is 36.8. The molecule has 5 aromatic rings. The van der Waals surface area contributed by atoms with Gasteiger partial charge < -0.3 is 14.7 Å². The average Bonchev–Trinajstić information content (AvgIpc) is 3.17. The van der Waals surface area contributed by atoms with Crippen LogP contribution >= 0.6 is 11.6 Å². The first-order valence-electron chi connectivity index (χ1n) is 9.52. The molecule has 0 fully saturated rings. The van der Waals surface area contributed by atoms with E-state index in [0.29, 0.717) is 50.4 Å². The van der Waals surface area contributed by atoms with Crippen LogP contribution in [-0.4, -0.2) is 37.0 Å². The van der Waals surface area contributed by atoms with Gasteiger partial charge in [0.1, 0.15) is 16.5 Å². The van der Waals surface area contributed by atoms with E-state index in [4.69, 9.17) is 16.3 Å². The molecule has 0 aliphatic rings. The largest absolute Gasteiger partial charge is 0.480 e. The molecule has 154 valence electrons. The molecule has 2 N–H and O–H groups in total. The number of aromatic amines is 2. The lowest BCUT2D eigenvalue weighted by Gasteiger charge is -2.10. The second kappa shape index (κ2) is 7.17. The molecule has 5 rings (SSSR count). The van der Waals surface area contributed by atoms with E-state index in [9.17, 15) is 4.79 Å². The first-order valence-corrected chi connectivity index (χ1v) is 9.89. The van der Waals surface area contributed by atoms with Gasteiger partial charge in [0.15, 0.2) is 0 Å². The summed E-state index contributed by atoms with van der Waals surface area (Å²) in [5.41, 5.74) is 5.03. The summed E-state index contributed by atoms with van der Waals surface area (Å²) in [5.74, 6) is 0.891. The fraction of sp³-hybridized carbons (Fsp3) is 0.136. The molecule has 0 unspecified atom stereocenters. The Morgan fingerprint density at radius 3 is 2.61 bits per heavy atom. The maximum atomic E-state index is 12.9. The van der Waals surface area contributed by atoms with E-state index >= 15 is 0 Å². The highest BCUT2D eigenvalue weighted by Crippen LogP contribution is 2.33. The molecular formula is C22H17ClN6O2. The molecule has 0 saturated heterocycles. The molecule has 0 aliphatic carbocycles. The third kappa shape index (κ3) is 3.21. The number of ether oxygens (including phenoxy) is 1. The first-order chi connectivity index (χ1) is 14.9. The minimum atomic E-state index is -0.269. The molecule has 0 aliphatic heterocycles. The number of halogens is 1. The molecule has 0 bridgehead atoms. The van der Waals surface area contributed by atoms with Gasteiger partial charge in [-0.2, -0.15) is 0 Å². The van der Waals surface area contributed by atoms with Gasteiger partial charge in [-0.25, -0.2) is 15.0 Å². The van der Waals surface area contributed by atoms with E-state index in [1.54, 1.807) is 31.5 Å². The molecule has 31 heavy (non-hydrogen) atoms. The van der Waals surface area contributed by atoms with E-state index < -0.39 is 0 Å². The maximum absolute atomic E-state index is 12.9. The summed E-state index contributed by atoms with van der Waals surface area (Å²) in [6.45, 7) is 3.71. The van der Waals surface area contributed by atoms with Crippen molar-refractivity contribution in [3.8, 4) is 28.5 Å². The lowest BCUT2D eigenvalue weighted by Crippen LogP contribution is -2.10. The van der Waals surface area contributed by atoms with Gasteiger partial charge in [-0.15, -0.1) is 0 Å². The van der Waals surface area contributed by atoms with E-state index in [2.05, 4.69) is 29.9 Å². The van der Waals surface area contributed by atoms with Gasteiger partial charge in [-0.3, -0.25) is 9.78 Å². The van der Waals surface area contributed by atoms with E-state index in [0.717, 1.165) is 16.6 Å². The van der Waals surface area contributed by atoms with E-state index in [-0.39, 0.29) is 5.56 Å². The zero-order chi connectivity index (χ0) is 21.7. The highest BCUT2D eigenvalue weighted by Gasteiger charge is 2.17. The van der Waals surface area contributed by atoms with Crippen molar-refractivity contribution in [3.05, 3.63) is 63.4 Å². The van der Waals surface area contributed by atoms with Crippen LogP contribution in [0.1, 0.15) is 11.4 Å². The predicted octanol–water partition coefficient (Wildman–Crippen LogP) is 4.20. The Labute approximate surface area is 181 Å². The summed E-state index contributed by atoms with van der Waals surface area (Å²) >= 11 is 6.06. The Balaban J connectivity index is 1.77. The average molecular weight is 433 g/mol. The fourth-order valence-electron chi connectivity index (χ4n) is 3.65. The Kier molecular flexibility index (Phi) is 4.44. The smallest absolute Gasteiger partial charge is 0.259 e. The van der Waals surface area contributed by atoms with Gasteiger partial charge in [-0.05, 0) is 38.1 Å². The van der Waals surface area contributed by atoms with Crippen molar-refractivity contribution in [2.75, 3.05) is 7.11 Å². The molecule has 5 heterocycles. The number of rotatable bonds is 3. The van der Waals surface area contributed by atoms with Crippen LogP contribution in [0.2, 0.25) is 5.15 Å². The highest BCUT2D eigenvalue weighted by atomic mass is 35.5. The van der Waals surface area contributed by atoms with Gasteiger partial charge in [0.25, 0.3) is 5.56 Å². The number of nitrogens with zero attached hydrogens (tertiary/aromatic N) is 4. The molecular weight excluding hydrogens is 416 g/mol. The molecule has 0 saturated carbocycles. The van der Waals surface area contributed by atoms with Crippen molar-refractivity contribution >= 4 is 33.5 Å². The van der Waals surface area contributed by atoms with Crippen LogP contribution in [-0.2, 0) is 0 Å². The standard InChI is InChI=1S/C22H17ClN6O2/c1-10-4-5-12(22(25-10)31-3)19-13-8-14(21(30)28-15(13)6-7-24-19)20-27-16-9-17(23)26-11(2)18(16)29-20/h4-9H,1-3H3,(H,27,29)(H,28,30). The molecule has 8 nitrogen and oxygen atoms in total. The number of fused-ring (bicyclic) bond motifs is 2. The number of hydrogen-bond acceptors (Lipinski definition) is 6. The fourth-order valence-corrected chi connectivity index (χ4v) is 3.88. The van der Waals surface area contributed by atoms with Crippen LogP contribution < -0.4 is 10.3 Å². The van der Waals surface area contributed by atoms with Crippen LogP contribution in [0.3, 0.4) is 0 Å². The number of hydrogen-bond donors (Lipinski definition) is 2. The number of aromatic nitrogens is 6. The Morgan fingerprint density at radius 1 is 0.968 bits per heavy atom. The molecule has 5 aromatic heterocycles. The lowest BCUT2D eigenvalue weighted by molar-refractivity contribution is 0.398. The third-order valence-corrected chi connectivity index (χ3v) is 5.28. The maximum Gasteiger partial charge on any atom is 0.259 e. The topological polar surface area (TPSA) is 109 Å². The summed E-state index contributed by atoms with van der Waals surface area (Å²) in [5, 5.41) is 1.10. The summed E-state index contributed by atoms with van der Waals surface area (Å²) in [7, 11) is 1.57. The number of pyridine rings is 4. The monoisotopic (exact) mass is 432 g/mol. The number of H-pyrrole nitrogens is 2. The molecule has 0 spiro atoms. The van der Waals surface area contributed by atoms with Crippen LogP contribution in [0.15, 0.2) is 41.3 Å². The zero-order valence-corrected chi connectivity index (χ0v) is 17.7. The van der Waals surface area contributed by atoms with Crippen molar-refractivity contribution < 1.29 is 4.74 Å². The number of aryl methyl sites for hydroxylation is 2. The molecule has 0 aromatic carbocycles. The van der Waals surface area contributed by atoms with Crippen molar-refractivity contribution in [1.82, 2.24) is 29.9 Å². The normalized spacial score (nSPS) is 11.4. The van der Waals surface area contributed by atoms with Crippen LogP contribution in [0.4, 0.5) is 0 Å². The highest BCUT2D eigenvalue weighted by molar-refractivity contribution is 6.30. The third-order valence-electron chi connectivity index (χ3n) is 5.09. The predicted molar refractivity (Wildman–Crippen MR) is 120 cm³/mol.